The van der Waals surface area contributed by atoms with Crippen molar-refractivity contribution in [2.45, 2.75) is 38.4 Å². The molecule has 110 valence electrons. The Morgan fingerprint density at radius 1 is 1.40 bits per heavy atom. The van der Waals surface area contributed by atoms with Gasteiger partial charge in [-0.1, -0.05) is 30.3 Å². The third-order valence-corrected chi connectivity index (χ3v) is 3.51. The van der Waals surface area contributed by atoms with Gasteiger partial charge in [0.05, 0.1) is 18.3 Å². The minimum atomic E-state index is -0.395. The molecule has 2 rings (SSSR count). The fourth-order valence-corrected chi connectivity index (χ4v) is 2.63. The number of ether oxygens (including phenoxy) is 1. The molecule has 1 amide bonds. The Kier molecular flexibility index (Phi) is 4.78. The van der Waals surface area contributed by atoms with Crippen LogP contribution in [-0.4, -0.2) is 47.3 Å². The Balaban J connectivity index is 1.91. The van der Waals surface area contributed by atoms with Crippen molar-refractivity contribution in [3.05, 3.63) is 35.9 Å². The number of carbonyl (C=O) groups is 1. The lowest BCUT2D eigenvalue weighted by Gasteiger charge is -2.42. The molecule has 0 aromatic heterocycles. The van der Waals surface area contributed by atoms with Gasteiger partial charge in [-0.25, -0.2) is 0 Å². The molecule has 1 aromatic carbocycles. The van der Waals surface area contributed by atoms with Crippen molar-refractivity contribution >= 4 is 5.91 Å². The van der Waals surface area contributed by atoms with Gasteiger partial charge in [-0.05, 0) is 25.8 Å². The van der Waals surface area contributed by atoms with E-state index in [4.69, 9.17) is 4.74 Å². The first kappa shape index (κ1) is 15.0. The summed E-state index contributed by atoms with van der Waals surface area (Å²) in [5.74, 6) is 0.128. The zero-order valence-corrected chi connectivity index (χ0v) is 12.2. The molecule has 1 fully saturated rings. The predicted molar refractivity (Wildman–Crippen MR) is 77.4 cm³/mol. The largest absolute Gasteiger partial charge is 0.394 e. The monoisotopic (exact) mass is 277 g/mol. The van der Waals surface area contributed by atoms with E-state index in [0.29, 0.717) is 19.5 Å². The number of aliphatic hydroxyl groups is 1. The summed E-state index contributed by atoms with van der Waals surface area (Å²) in [5.41, 5.74) is 0.778. The average Bonchev–Trinajstić information content (AvgIpc) is 2.44. The fraction of sp³-hybridized carbons (Fsp3) is 0.562. The standard InChI is InChI=1S/C16H23NO3/c1-16(2)12-17(10-14(11-18)20-16)15(19)9-8-13-6-4-3-5-7-13/h3-7,14,18H,8-12H2,1-2H3. The SMILES string of the molecule is CC1(C)CN(C(=O)CCc2ccccc2)CC(CO)O1. The van der Waals surface area contributed by atoms with Crippen LogP contribution in [0.2, 0.25) is 0 Å². The Bertz CT molecular complexity index is 444. The molecule has 4 heteroatoms. The molecule has 1 aliphatic heterocycles. The molecule has 0 spiro atoms. The number of aliphatic hydroxyl groups excluding tert-OH is 1. The number of morpholine rings is 1. The fourth-order valence-electron chi connectivity index (χ4n) is 2.63. The number of hydrogen-bond acceptors (Lipinski definition) is 3. The predicted octanol–water partition coefficient (Wildman–Crippen LogP) is 1.62. The Morgan fingerprint density at radius 3 is 2.75 bits per heavy atom. The van der Waals surface area contributed by atoms with Crippen molar-refractivity contribution in [1.29, 1.82) is 0 Å². The highest BCUT2D eigenvalue weighted by atomic mass is 16.5. The lowest BCUT2D eigenvalue weighted by Crippen LogP contribution is -2.55. The molecule has 0 radical (unpaired) electrons. The number of carbonyl (C=O) groups excluding carboxylic acids is 1. The molecular formula is C16H23NO3. The van der Waals surface area contributed by atoms with E-state index in [1.807, 2.05) is 49.1 Å². The van der Waals surface area contributed by atoms with Gasteiger partial charge in [-0.2, -0.15) is 0 Å². The van der Waals surface area contributed by atoms with Crippen molar-refractivity contribution in [3.8, 4) is 0 Å². The summed E-state index contributed by atoms with van der Waals surface area (Å²) in [6.45, 7) is 4.91. The average molecular weight is 277 g/mol. The van der Waals surface area contributed by atoms with Gasteiger partial charge < -0.3 is 14.7 Å². The lowest BCUT2D eigenvalue weighted by atomic mass is 10.0. The van der Waals surface area contributed by atoms with Crippen molar-refractivity contribution in [1.82, 2.24) is 4.90 Å². The van der Waals surface area contributed by atoms with E-state index in [1.165, 1.54) is 5.56 Å². The van der Waals surface area contributed by atoms with Crippen LogP contribution < -0.4 is 0 Å². The summed E-state index contributed by atoms with van der Waals surface area (Å²) < 4.78 is 5.72. The van der Waals surface area contributed by atoms with Crippen LogP contribution in [-0.2, 0) is 16.0 Å². The summed E-state index contributed by atoms with van der Waals surface area (Å²) in [6, 6.07) is 10.0. The lowest BCUT2D eigenvalue weighted by molar-refractivity contribution is -0.166. The van der Waals surface area contributed by atoms with Crippen molar-refractivity contribution in [2.75, 3.05) is 19.7 Å². The Morgan fingerprint density at radius 2 is 2.10 bits per heavy atom. The van der Waals surface area contributed by atoms with Crippen LogP contribution in [0.1, 0.15) is 25.8 Å². The van der Waals surface area contributed by atoms with Crippen LogP contribution in [0, 0.1) is 0 Å². The van der Waals surface area contributed by atoms with Crippen molar-refractivity contribution < 1.29 is 14.6 Å². The quantitative estimate of drug-likeness (QED) is 0.910. The van der Waals surface area contributed by atoms with Gasteiger partial charge >= 0.3 is 0 Å². The number of nitrogens with zero attached hydrogens (tertiary/aromatic N) is 1. The van der Waals surface area contributed by atoms with E-state index in [2.05, 4.69) is 0 Å². The van der Waals surface area contributed by atoms with Gasteiger partial charge in [0.15, 0.2) is 0 Å². The first-order valence-corrected chi connectivity index (χ1v) is 7.10. The molecule has 1 aromatic rings. The number of hydrogen-bond donors (Lipinski definition) is 1. The molecule has 1 unspecified atom stereocenters. The highest BCUT2D eigenvalue weighted by Crippen LogP contribution is 2.21. The molecule has 1 N–H and O–H groups in total. The molecule has 1 heterocycles. The van der Waals surface area contributed by atoms with E-state index in [9.17, 15) is 9.90 Å². The normalized spacial score (nSPS) is 21.8. The zero-order chi connectivity index (χ0) is 14.6. The maximum absolute atomic E-state index is 12.3. The van der Waals surface area contributed by atoms with Crippen LogP contribution in [0.5, 0.6) is 0 Å². The molecular weight excluding hydrogens is 254 g/mol. The third kappa shape index (κ3) is 4.05. The summed E-state index contributed by atoms with van der Waals surface area (Å²) in [6.07, 6.45) is 0.971. The molecule has 1 atom stereocenters. The summed E-state index contributed by atoms with van der Waals surface area (Å²) in [5, 5.41) is 9.27. The second-order valence-electron chi connectivity index (χ2n) is 5.94. The van der Waals surface area contributed by atoms with Crippen LogP contribution in [0.25, 0.3) is 0 Å². The van der Waals surface area contributed by atoms with Crippen molar-refractivity contribution in [3.63, 3.8) is 0 Å². The number of amides is 1. The molecule has 20 heavy (non-hydrogen) atoms. The molecule has 1 aliphatic rings. The molecule has 0 aliphatic carbocycles. The van der Waals surface area contributed by atoms with E-state index in [0.717, 1.165) is 6.42 Å². The van der Waals surface area contributed by atoms with Gasteiger partial charge in [0.2, 0.25) is 5.91 Å². The van der Waals surface area contributed by atoms with Gasteiger partial charge in [0.1, 0.15) is 0 Å². The summed E-state index contributed by atoms with van der Waals surface area (Å²) >= 11 is 0. The molecule has 4 nitrogen and oxygen atoms in total. The van der Waals surface area contributed by atoms with Gasteiger partial charge in [-0.3, -0.25) is 4.79 Å². The highest BCUT2D eigenvalue weighted by Gasteiger charge is 2.34. The van der Waals surface area contributed by atoms with Gasteiger partial charge in [-0.15, -0.1) is 0 Å². The number of rotatable bonds is 4. The summed E-state index contributed by atoms with van der Waals surface area (Å²) in [4.78, 5) is 14.1. The van der Waals surface area contributed by atoms with Gasteiger partial charge in [0.25, 0.3) is 0 Å². The maximum atomic E-state index is 12.3. The smallest absolute Gasteiger partial charge is 0.223 e. The topological polar surface area (TPSA) is 49.8 Å². The number of benzene rings is 1. The third-order valence-electron chi connectivity index (χ3n) is 3.51. The number of aryl methyl sites for hydroxylation is 1. The van der Waals surface area contributed by atoms with Crippen LogP contribution in [0.4, 0.5) is 0 Å². The molecule has 0 saturated carbocycles. The van der Waals surface area contributed by atoms with E-state index in [-0.39, 0.29) is 18.6 Å². The van der Waals surface area contributed by atoms with E-state index < -0.39 is 5.60 Å². The van der Waals surface area contributed by atoms with E-state index in [1.54, 1.807) is 0 Å². The first-order chi connectivity index (χ1) is 9.50. The zero-order valence-electron chi connectivity index (χ0n) is 12.2. The minimum Gasteiger partial charge on any atom is -0.394 e. The van der Waals surface area contributed by atoms with Gasteiger partial charge in [0, 0.05) is 19.5 Å². The first-order valence-electron chi connectivity index (χ1n) is 7.10. The van der Waals surface area contributed by atoms with Crippen molar-refractivity contribution in [2.24, 2.45) is 0 Å². The van der Waals surface area contributed by atoms with E-state index >= 15 is 0 Å². The Hall–Kier alpha value is -1.39. The molecule has 1 saturated heterocycles. The van der Waals surface area contributed by atoms with Crippen LogP contribution in [0.15, 0.2) is 30.3 Å². The Labute approximate surface area is 120 Å². The minimum absolute atomic E-state index is 0.0497. The second kappa shape index (κ2) is 6.37. The highest BCUT2D eigenvalue weighted by molar-refractivity contribution is 5.76. The second-order valence-corrected chi connectivity index (χ2v) is 5.94. The molecule has 0 bridgehead atoms. The maximum Gasteiger partial charge on any atom is 0.223 e. The van der Waals surface area contributed by atoms with Crippen LogP contribution in [0.3, 0.4) is 0 Å². The van der Waals surface area contributed by atoms with Crippen LogP contribution >= 0.6 is 0 Å². The summed E-state index contributed by atoms with van der Waals surface area (Å²) in [7, 11) is 0.